The molecule has 114 valence electrons. The molecule has 0 unspecified atom stereocenters. The number of fused-ring (bicyclic) bond motifs is 1. The van der Waals surface area contributed by atoms with Gasteiger partial charge in [-0.05, 0) is 12.8 Å². The van der Waals surface area contributed by atoms with Gasteiger partial charge in [-0.3, -0.25) is 0 Å². The van der Waals surface area contributed by atoms with Crippen molar-refractivity contribution >= 4 is 0 Å². The molecule has 9 heteroatoms. The number of imidazole rings is 1. The first kappa shape index (κ1) is 15.1. The maximum absolute atomic E-state index is 12.9. The van der Waals surface area contributed by atoms with Crippen molar-refractivity contribution in [2.24, 2.45) is 0 Å². The van der Waals surface area contributed by atoms with E-state index in [0.717, 1.165) is 6.42 Å². The smallest absolute Gasteiger partial charge is 0.330 e. The monoisotopic (exact) mass is 301 g/mol. The normalized spacial score (nSPS) is 16.3. The van der Waals surface area contributed by atoms with Crippen LogP contribution in [0.15, 0.2) is 0 Å². The zero-order valence-electron chi connectivity index (χ0n) is 10.4. The van der Waals surface area contributed by atoms with Crippen LogP contribution in [-0.2, 0) is 25.7 Å². The predicted octanol–water partition coefficient (Wildman–Crippen LogP) is 2.89. The summed E-state index contributed by atoms with van der Waals surface area (Å²) in [7, 11) is 0. The fourth-order valence-corrected chi connectivity index (χ4v) is 2.27. The van der Waals surface area contributed by atoms with Gasteiger partial charge in [0, 0.05) is 19.5 Å². The minimum Gasteiger partial charge on any atom is -0.330 e. The van der Waals surface area contributed by atoms with E-state index in [1.165, 1.54) is 4.57 Å². The van der Waals surface area contributed by atoms with Crippen LogP contribution < -0.4 is 5.32 Å². The topological polar surface area (TPSA) is 29.9 Å². The van der Waals surface area contributed by atoms with E-state index in [0.29, 0.717) is 25.2 Å². The van der Waals surface area contributed by atoms with E-state index in [-0.39, 0.29) is 5.69 Å². The molecule has 1 aromatic heterocycles. The number of hydrogen-bond acceptors (Lipinski definition) is 2. The number of nitrogens with zero attached hydrogens (tertiary/aromatic N) is 2. The van der Waals surface area contributed by atoms with Crippen LogP contribution in [0.1, 0.15) is 30.1 Å². The summed E-state index contributed by atoms with van der Waals surface area (Å²) in [5.74, 6) is 0.299. The first-order valence-electron chi connectivity index (χ1n) is 6.11. The van der Waals surface area contributed by atoms with Crippen LogP contribution in [0.4, 0.5) is 26.3 Å². The molecule has 0 radical (unpaired) electrons. The third kappa shape index (κ3) is 3.44. The molecule has 1 aliphatic heterocycles. The van der Waals surface area contributed by atoms with E-state index in [1.807, 2.05) is 5.32 Å². The minimum atomic E-state index is -4.65. The van der Waals surface area contributed by atoms with Gasteiger partial charge in [-0.1, -0.05) is 0 Å². The van der Waals surface area contributed by atoms with Gasteiger partial charge in [0.1, 0.15) is 5.82 Å². The Morgan fingerprint density at radius 2 is 1.80 bits per heavy atom. The van der Waals surface area contributed by atoms with E-state index >= 15 is 0 Å². The predicted molar refractivity (Wildman–Crippen MR) is 57.9 cm³/mol. The number of alkyl halides is 6. The molecule has 1 aliphatic rings. The zero-order chi connectivity index (χ0) is 15.0. The van der Waals surface area contributed by atoms with Crippen molar-refractivity contribution in [1.82, 2.24) is 14.9 Å². The van der Waals surface area contributed by atoms with E-state index in [4.69, 9.17) is 0 Å². The van der Waals surface area contributed by atoms with E-state index in [2.05, 4.69) is 4.98 Å². The van der Waals surface area contributed by atoms with Crippen molar-refractivity contribution in [3.63, 3.8) is 0 Å². The summed E-state index contributed by atoms with van der Waals surface area (Å²) >= 11 is 0. The highest BCUT2D eigenvalue weighted by atomic mass is 19.4. The van der Waals surface area contributed by atoms with Crippen molar-refractivity contribution in [1.29, 1.82) is 0 Å². The lowest BCUT2D eigenvalue weighted by Crippen LogP contribution is -2.30. The van der Waals surface area contributed by atoms with Gasteiger partial charge in [-0.15, -0.1) is 0 Å². The van der Waals surface area contributed by atoms with Gasteiger partial charge in [-0.2, -0.15) is 26.3 Å². The highest BCUT2D eigenvalue weighted by Crippen LogP contribution is 2.33. The zero-order valence-corrected chi connectivity index (χ0v) is 10.4. The number of aryl methyl sites for hydroxylation is 1. The maximum Gasteiger partial charge on any atom is 0.435 e. The Hall–Kier alpha value is -1.25. The summed E-state index contributed by atoms with van der Waals surface area (Å²) in [4.78, 5) is 3.55. The van der Waals surface area contributed by atoms with Crippen molar-refractivity contribution < 1.29 is 26.3 Å². The van der Waals surface area contributed by atoms with Crippen LogP contribution in [0, 0.1) is 0 Å². The average Bonchev–Trinajstić information content (AvgIpc) is 2.67. The van der Waals surface area contributed by atoms with Gasteiger partial charge in [0.05, 0.1) is 12.2 Å². The van der Waals surface area contributed by atoms with E-state index in [9.17, 15) is 26.3 Å². The van der Waals surface area contributed by atoms with Gasteiger partial charge in [0.15, 0.2) is 5.69 Å². The number of halogens is 6. The number of rotatable bonds is 3. The summed E-state index contributed by atoms with van der Waals surface area (Å²) < 4.78 is 76.1. The van der Waals surface area contributed by atoms with Gasteiger partial charge >= 0.3 is 12.4 Å². The highest BCUT2D eigenvalue weighted by Gasteiger charge is 2.39. The van der Waals surface area contributed by atoms with Crippen molar-refractivity contribution in [2.45, 2.75) is 44.7 Å². The Morgan fingerprint density at radius 1 is 1.10 bits per heavy atom. The van der Waals surface area contributed by atoms with Crippen LogP contribution in [0.3, 0.4) is 0 Å². The van der Waals surface area contributed by atoms with Crippen molar-refractivity contribution in [2.75, 3.05) is 6.54 Å². The third-order valence-electron chi connectivity index (χ3n) is 3.07. The molecule has 1 aromatic rings. The SMILES string of the molecule is FC(F)(F)CNCc1c(C(F)(F)F)nc2n1CCCC2. The van der Waals surface area contributed by atoms with Crippen LogP contribution in [0.2, 0.25) is 0 Å². The van der Waals surface area contributed by atoms with Crippen LogP contribution >= 0.6 is 0 Å². The van der Waals surface area contributed by atoms with Crippen molar-refractivity contribution in [3.8, 4) is 0 Å². The molecule has 0 saturated carbocycles. The maximum atomic E-state index is 12.9. The molecule has 1 N–H and O–H groups in total. The van der Waals surface area contributed by atoms with Crippen LogP contribution in [0.25, 0.3) is 0 Å². The molecule has 0 aliphatic carbocycles. The lowest BCUT2D eigenvalue weighted by atomic mass is 10.1. The Morgan fingerprint density at radius 3 is 2.40 bits per heavy atom. The lowest BCUT2D eigenvalue weighted by molar-refractivity contribution is -0.141. The first-order valence-corrected chi connectivity index (χ1v) is 6.11. The van der Waals surface area contributed by atoms with Gasteiger partial charge in [0.25, 0.3) is 0 Å². The second-order valence-electron chi connectivity index (χ2n) is 4.65. The van der Waals surface area contributed by atoms with E-state index in [1.54, 1.807) is 0 Å². The fourth-order valence-electron chi connectivity index (χ4n) is 2.27. The quantitative estimate of drug-likeness (QED) is 0.870. The van der Waals surface area contributed by atoms with Gasteiger partial charge in [0.2, 0.25) is 0 Å². The van der Waals surface area contributed by atoms with Crippen LogP contribution in [-0.4, -0.2) is 22.3 Å². The molecule has 0 saturated heterocycles. The lowest BCUT2D eigenvalue weighted by Gasteiger charge is -2.17. The summed E-state index contributed by atoms with van der Waals surface area (Å²) in [5.41, 5.74) is -1.29. The minimum absolute atomic E-state index is 0.212. The second kappa shape index (κ2) is 5.27. The summed E-state index contributed by atoms with van der Waals surface area (Å²) in [6.07, 6.45) is -7.25. The van der Waals surface area contributed by atoms with Crippen LogP contribution in [0.5, 0.6) is 0 Å². The standard InChI is InChI=1S/C11H13F6N3/c12-10(13,14)6-18-5-7-9(11(15,16)17)19-8-3-1-2-4-20(7)8/h18H,1-6H2. The molecule has 0 aromatic carbocycles. The van der Waals surface area contributed by atoms with Gasteiger partial charge in [-0.25, -0.2) is 4.98 Å². The molecule has 0 atom stereocenters. The molecule has 3 nitrogen and oxygen atoms in total. The Labute approximate surface area is 111 Å². The van der Waals surface area contributed by atoms with E-state index < -0.39 is 31.1 Å². The largest absolute Gasteiger partial charge is 0.435 e. The number of nitrogens with one attached hydrogen (secondary N) is 1. The molecular weight excluding hydrogens is 288 g/mol. The average molecular weight is 301 g/mol. The molecule has 2 rings (SSSR count). The summed E-state index contributed by atoms with van der Waals surface area (Å²) in [5, 5.41) is 2.00. The molecule has 0 bridgehead atoms. The Kier molecular flexibility index (Phi) is 3.99. The fraction of sp³-hybridized carbons (Fsp3) is 0.727. The first-order chi connectivity index (χ1) is 9.18. The Bertz CT molecular complexity index is 474. The molecule has 0 spiro atoms. The molecule has 0 fully saturated rings. The summed E-state index contributed by atoms with van der Waals surface area (Å²) in [6, 6.07) is 0. The van der Waals surface area contributed by atoms with Crippen molar-refractivity contribution in [3.05, 3.63) is 17.2 Å². The summed E-state index contributed by atoms with van der Waals surface area (Å²) in [6.45, 7) is -1.46. The molecule has 0 amide bonds. The highest BCUT2D eigenvalue weighted by molar-refractivity contribution is 5.21. The third-order valence-corrected chi connectivity index (χ3v) is 3.07. The number of aromatic nitrogens is 2. The molecule has 20 heavy (non-hydrogen) atoms. The molecule has 2 heterocycles. The second-order valence-corrected chi connectivity index (χ2v) is 4.65. The van der Waals surface area contributed by atoms with Gasteiger partial charge < -0.3 is 9.88 Å². The Balaban J connectivity index is 2.23. The number of hydrogen-bond donors (Lipinski definition) is 1. The molecular formula is C11H13F6N3.